The average Bonchev–Trinajstić information content (AvgIpc) is 3.88. The molecular formula is C55H39N3Si. The van der Waals surface area contributed by atoms with Gasteiger partial charge in [0.2, 0.25) is 0 Å². The summed E-state index contributed by atoms with van der Waals surface area (Å²) in [5.41, 5.74) is 14.1. The smallest absolute Gasteiger partial charge is 0.185 e. The topological polar surface area (TPSA) is 30.7 Å². The predicted molar refractivity (Wildman–Crippen MR) is 247 cm³/mol. The monoisotopic (exact) mass is 769 g/mol. The van der Waals surface area contributed by atoms with Crippen LogP contribution in [0.1, 0.15) is 25.0 Å². The Bertz CT molecular complexity index is 3250. The van der Waals surface area contributed by atoms with Crippen molar-refractivity contribution in [2.24, 2.45) is 0 Å². The molecule has 1 aliphatic carbocycles. The van der Waals surface area contributed by atoms with Crippen molar-refractivity contribution < 1.29 is 0 Å². The molecule has 4 heteroatoms. The lowest BCUT2D eigenvalue weighted by molar-refractivity contribution is 0.666. The fraction of sp³-hybridized carbons (Fsp3) is 0.0545. The van der Waals surface area contributed by atoms with E-state index in [1.54, 1.807) is 0 Å². The molecular weight excluding hydrogens is 731 g/mol. The molecule has 3 heterocycles. The predicted octanol–water partition coefficient (Wildman–Crippen LogP) is 10.6. The van der Waals surface area contributed by atoms with Gasteiger partial charge in [-0.05, 0) is 62.1 Å². The molecule has 0 spiro atoms. The third-order valence-corrected chi connectivity index (χ3v) is 17.9. The summed E-state index contributed by atoms with van der Waals surface area (Å²) in [4.78, 5) is 11.2. The molecule has 2 aromatic heterocycles. The lowest BCUT2D eigenvalue weighted by atomic mass is 9.80. The van der Waals surface area contributed by atoms with Crippen LogP contribution >= 0.6 is 0 Å². The van der Waals surface area contributed by atoms with Crippen molar-refractivity contribution in [3.63, 3.8) is 0 Å². The van der Waals surface area contributed by atoms with E-state index in [2.05, 4.69) is 219 Å². The Morgan fingerprint density at radius 2 is 1.08 bits per heavy atom. The van der Waals surface area contributed by atoms with Gasteiger partial charge in [-0.15, -0.1) is 0 Å². The summed E-state index contributed by atoms with van der Waals surface area (Å²) in [6.45, 7) is 4.77. The number of fused-ring (bicyclic) bond motifs is 10. The van der Waals surface area contributed by atoms with E-state index >= 15 is 0 Å². The number of aromatic nitrogens is 3. The van der Waals surface area contributed by atoms with Crippen molar-refractivity contribution in [2.45, 2.75) is 19.3 Å². The molecule has 0 atom stereocenters. The van der Waals surface area contributed by atoms with Crippen molar-refractivity contribution >= 4 is 50.6 Å². The molecule has 2 aliphatic rings. The van der Waals surface area contributed by atoms with Crippen LogP contribution in [0.2, 0.25) is 0 Å². The van der Waals surface area contributed by atoms with Crippen molar-refractivity contribution in [2.75, 3.05) is 0 Å². The molecule has 0 saturated carbocycles. The summed E-state index contributed by atoms with van der Waals surface area (Å²) in [6, 6.07) is 73.4. The van der Waals surface area contributed by atoms with Gasteiger partial charge in [0, 0.05) is 43.8 Å². The molecule has 1 aliphatic heterocycles. The summed E-state index contributed by atoms with van der Waals surface area (Å²) in [6.07, 6.45) is 0. The number of para-hydroxylation sites is 1. The molecule has 0 fully saturated rings. The van der Waals surface area contributed by atoms with E-state index in [1.165, 1.54) is 70.4 Å². The minimum Gasteiger partial charge on any atom is -0.309 e. The van der Waals surface area contributed by atoms with Crippen molar-refractivity contribution in [3.8, 4) is 50.7 Å². The van der Waals surface area contributed by atoms with Crippen molar-refractivity contribution in [1.82, 2.24) is 14.5 Å². The van der Waals surface area contributed by atoms with E-state index in [9.17, 15) is 0 Å². The molecule has 0 radical (unpaired) electrons. The number of nitrogens with zero attached hydrogens (tertiary/aromatic N) is 3. The molecule has 0 bridgehead atoms. The first kappa shape index (κ1) is 33.9. The van der Waals surface area contributed by atoms with Gasteiger partial charge in [0.25, 0.3) is 0 Å². The van der Waals surface area contributed by atoms with Crippen LogP contribution in [-0.4, -0.2) is 22.6 Å². The first-order valence-corrected chi connectivity index (χ1v) is 22.5. The Kier molecular flexibility index (Phi) is 7.29. The van der Waals surface area contributed by atoms with Crippen LogP contribution < -0.4 is 20.7 Å². The number of hydrogen-bond acceptors (Lipinski definition) is 2. The van der Waals surface area contributed by atoms with Gasteiger partial charge >= 0.3 is 0 Å². The minimum absolute atomic E-state index is 0.143. The molecule has 278 valence electrons. The summed E-state index contributed by atoms with van der Waals surface area (Å²) >= 11 is 0. The normalized spacial score (nSPS) is 14.2. The Morgan fingerprint density at radius 3 is 1.85 bits per heavy atom. The van der Waals surface area contributed by atoms with E-state index in [0.29, 0.717) is 0 Å². The maximum atomic E-state index is 5.66. The summed E-state index contributed by atoms with van der Waals surface area (Å²) in [5.74, 6) is 0.736. The van der Waals surface area contributed by atoms with E-state index in [1.807, 2.05) is 0 Å². The Balaban J connectivity index is 1.17. The van der Waals surface area contributed by atoms with Crippen LogP contribution in [0.3, 0.4) is 0 Å². The summed E-state index contributed by atoms with van der Waals surface area (Å²) in [7, 11) is -2.94. The molecule has 10 aromatic rings. The SMILES string of the molecule is CC1(C)c2ccccc2-c2ccc3c(c21)c1ccccc1n3-c1cccc(-c2nc(-c3ccccc3)nc3c2[Si](c2ccccc2)(c2ccccc2)c2ccccc2-3)c1. The van der Waals surface area contributed by atoms with E-state index in [4.69, 9.17) is 9.97 Å². The van der Waals surface area contributed by atoms with Gasteiger partial charge in [0.05, 0.1) is 22.4 Å². The Labute approximate surface area is 345 Å². The van der Waals surface area contributed by atoms with E-state index < -0.39 is 8.07 Å². The van der Waals surface area contributed by atoms with Crippen molar-refractivity contribution in [1.29, 1.82) is 0 Å². The second kappa shape index (κ2) is 12.7. The average molecular weight is 770 g/mol. The highest BCUT2D eigenvalue weighted by atomic mass is 28.3. The van der Waals surface area contributed by atoms with Crippen LogP contribution in [0, 0.1) is 0 Å². The molecule has 59 heavy (non-hydrogen) atoms. The van der Waals surface area contributed by atoms with Gasteiger partial charge in [-0.25, -0.2) is 9.97 Å². The third-order valence-electron chi connectivity index (χ3n) is 13.0. The van der Waals surface area contributed by atoms with Crippen LogP contribution in [-0.2, 0) is 5.41 Å². The first-order chi connectivity index (χ1) is 29.0. The lowest BCUT2D eigenvalue weighted by Gasteiger charge is -2.32. The first-order valence-electron chi connectivity index (χ1n) is 20.5. The standard InChI is InChI=1S/C55H39N3Si/c1-55(2)45-30-15-12-27-41(45)42-33-34-47-49(50(42)55)43-28-13-16-31-46(43)58(47)38-22-18-21-37(35-38)51-53-52(57-54(56-51)36-19-6-3-7-20-36)44-29-14-17-32-48(44)59(53,39-23-8-4-9-24-39)40-25-10-5-11-26-40/h3-35H,1-2H3. The third kappa shape index (κ3) is 4.69. The zero-order valence-corrected chi connectivity index (χ0v) is 33.9. The van der Waals surface area contributed by atoms with Gasteiger partial charge in [0.15, 0.2) is 13.9 Å². The zero-order valence-electron chi connectivity index (χ0n) is 32.9. The lowest BCUT2D eigenvalue weighted by Crippen LogP contribution is -2.73. The van der Waals surface area contributed by atoms with Gasteiger partial charge < -0.3 is 4.57 Å². The molecule has 0 N–H and O–H groups in total. The second-order valence-corrected chi connectivity index (χ2v) is 20.2. The zero-order chi connectivity index (χ0) is 39.3. The highest BCUT2D eigenvalue weighted by Crippen LogP contribution is 2.53. The number of benzene rings is 8. The summed E-state index contributed by atoms with van der Waals surface area (Å²) in [5, 5.41) is 7.84. The van der Waals surface area contributed by atoms with Gasteiger partial charge in [-0.2, -0.15) is 0 Å². The van der Waals surface area contributed by atoms with Gasteiger partial charge in [0.1, 0.15) is 0 Å². The minimum atomic E-state index is -2.94. The van der Waals surface area contributed by atoms with Gasteiger partial charge in [-0.3, -0.25) is 0 Å². The van der Waals surface area contributed by atoms with Crippen LogP contribution in [0.25, 0.3) is 72.5 Å². The van der Waals surface area contributed by atoms with Gasteiger partial charge in [-0.1, -0.05) is 190 Å². The molecule has 3 nitrogen and oxygen atoms in total. The molecule has 0 amide bonds. The van der Waals surface area contributed by atoms with Crippen LogP contribution in [0.15, 0.2) is 200 Å². The van der Waals surface area contributed by atoms with E-state index in [0.717, 1.165) is 34.0 Å². The van der Waals surface area contributed by atoms with E-state index in [-0.39, 0.29) is 5.41 Å². The molecule has 0 saturated heterocycles. The maximum Gasteiger partial charge on any atom is 0.185 e. The number of rotatable bonds is 5. The van der Waals surface area contributed by atoms with Crippen LogP contribution in [0.5, 0.6) is 0 Å². The second-order valence-electron chi connectivity index (χ2n) is 16.5. The fourth-order valence-electron chi connectivity index (χ4n) is 10.6. The Morgan fingerprint density at radius 1 is 0.475 bits per heavy atom. The quantitative estimate of drug-likeness (QED) is 0.163. The van der Waals surface area contributed by atoms with Crippen LogP contribution in [0.4, 0.5) is 0 Å². The highest BCUT2D eigenvalue weighted by Gasteiger charge is 2.51. The number of hydrogen-bond donors (Lipinski definition) is 0. The maximum absolute atomic E-state index is 5.66. The highest BCUT2D eigenvalue weighted by molar-refractivity contribution is 7.22. The molecule has 12 rings (SSSR count). The van der Waals surface area contributed by atoms with Crippen molar-refractivity contribution in [3.05, 3.63) is 211 Å². The Hall–Kier alpha value is -7.14. The summed E-state index contributed by atoms with van der Waals surface area (Å²) < 4.78 is 2.47. The fourth-order valence-corrected chi connectivity index (χ4v) is 15.9. The molecule has 8 aromatic carbocycles. The largest absolute Gasteiger partial charge is 0.309 e. The molecule has 0 unspecified atom stereocenters.